The van der Waals surface area contributed by atoms with Gasteiger partial charge in [0, 0.05) is 13.1 Å². The first-order chi connectivity index (χ1) is 22.4. The normalized spacial score (nSPS) is 20.7. The minimum absolute atomic E-state index is 0.0532. The number of thiophene rings is 1. The molecule has 1 aliphatic heterocycles. The van der Waals surface area contributed by atoms with Crippen LogP contribution in [0.3, 0.4) is 0 Å². The summed E-state index contributed by atoms with van der Waals surface area (Å²) in [5.74, 6) is -2.88. The van der Waals surface area contributed by atoms with Crippen molar-refractivity contribution in [1.29, 1.82) is 0 Å². The standard InChI is InChI=1S/C35H51N5O6S/c1-5-18-36-33(45)28(41)24(21-22-12-9-13-22)37-30(42)25-16-10-19-40(25)34(46)29(35(2,3)4)39-32(44)27(23-14-7-6-8-15-23)38-31(43)26-17-11-20-47-26/h5,11,17,20,22-25,27,29H,1,6-10,12-16,18-19,21H2,2-4H3,(H,36,45)(H,37,42)(H,38,43)(H,39,44)/t24?,25-,27-,29+/m0/s1. The van der Waals surface area contributed by atoms with Crippen LogP contribution < -0.4 is 21.3 Å². The van der Waals surface area contributed by atoms with Crippen LogP contribution in [0.1, 0.15) is 101 Å². The third-order valence-electron chi connectivity index (χ3n) is 9.73. The van der Waals surface area contributed by atoms with Gasteiger partial charge in [0.2, 0.25) is 23.5 Å². The molecule has 12 heteroatoms. The van der Waals surface area contributed by atoms with Crippen molar-refractivity contribution in [3.05, 3.63) is 35.0 Å². The highest BCUT2D eigenvalue weighted by Crippen LogP contribution is 2.32. The molecule has 1 unspecified atom stereocenters. The van der Waals surface area contributed by atoms with Gasteiger partial charge in [-0.05, 0) is 60.8 Å². The van der Waals surface area contributed by atoms with E-state index in [0.29, 0.717) is 30.7 Å². The van der Waals surface area contributed by atoms with Crippen LogP contribution in [0.4, 0.5) is 0 Å². The van der Waals surface area contributed by atoms with E-state index in [2.05, 4.69) is 27.8 Å². The number of nitrogens with zero attached hydrogens (tertiary/aromatic N) is 1. The molecule has 3 aliphatic rings. The van der Waals surface area contributed by atoms with Crippen LogP contribution in [0.2, 0.25) is 0 Å². The third-order valence-corrected chi connectivity index (χ3v) is 10.6. The Morgan fingerprint density at radius 3 is 2.28 bits per heavy atom. The fourth-order valence-electron chi connectivity index (χ4n) is 6.81. The molecule has 2 aliphatic carbocycles. The maximum atomic E-state index is 14.2. The van der Waals surface area contributed by atoms with Crippen LogP contribution in [0.5, 0.6) is 0 Å². The number of likely N-dealkylation sites (tertiary alicyclic amines) is 1. The first kappa shape index (κ1) is 36.3. The van der Waals surface area contributed by atoms with Crippen molar-refractivity contribution in [2.24, 2.45) is 17.3 Å². The van der Waals surface area contributed by atoms with E-state index < -0.39 is 53.1 Å². The van der Waals surface area contributed by atoms with Crippen molar-refractivity contribution in [3.63, 3.8) is 0 Å². The first-order valence-corrected chi connectivity index (χ1v) is 18.0. The highest BCUT2D eigenvalue weighted by Gasteiger charge is 2.44. The zero-order chi connectivity index (χ0) is 34.1. The molecule has 3 fully saturated rings. The topological polar surface area (TPSA) is 154 Å². The molecule has 4 rings (SSSR count). The van der Waals surface area contributed by atoms with Crippen molar-refractivity contribution in [2.45, 2.75) is 116 Å². The monoisotopic (exact) mass is 669 g/mol. The van der Waals surface area contributed by atoms with Crippen molar-refractivity contribution >= 4 is 46.7 Å². The molecule has 5 amide bonds. The lowest BCUT2D eigenvalue weighted by Crippen LogP contribution is -2.62. The second-order valence-corrected chi connectivity index (χ2v) is 15.2. The Bertz CT molecular complexity index is 1300. The fraction of sp³-hybridized carbons (Fsp3) is 0.657. The van der Waals surface area contributed by atoms with Gasteiger partial charge in [0.05, 0.1) is 10.9 Å². The van der Waals surface area contributed by atoms with E-state index in [0.717, 1.165) is 51.4 Å². The average molecular weight is 670 g/mol. The number of hydrogen-bond acceptors (Lipinski definition) is 7. The van der Waals surface area contributed by atoms with Gasteiger partial charge in [-0.3, -0.25) is 28.8 Å². The maximum absolute atomic E-state index is 14.2. The zero-order valence-corrected chi connectivity index (χ0v) is 28.8. The van der Waals surface area contributed by atoms with Gasteiger partial charge in [0.25, 0.3) is 11.8 Å². The van der Waals surface area contributed by atoms with Crippen LogP contribution in [-0.4, -0.2) is 77.5 Å². The fourth-order valence-corrected chi connectivity index (χ4v) is 7.43. The van der Waals surface area contributed by atoms with Gasteiger partial charge in [-0.2, -0.15) is 0 Å². The van der Waals surface area contributed by atoms with Crippen molar-refractivity contribution in [1.82, 2.24) is 26.2 Å². The van der Waals surface area contributed by atoms with Gasteiger partial charge in [0.15, 0.2) is 0 Å². The molecule has 1 aromatic rings. The van der Waals surface area contributed by atoms with Gasteiger partial charge < -0.3 is 26.2 Å². The number of carbonyl (C=O) groups is 6. The van der Waals surface area contributed by atoms with Crippen molar-refractivity contribution in [3.8, 4) is 0 Å². The lowest BCUT2D eigenvalue weighted by atomic mass is 9.80. The molecular weight excluding hydrogens is 618 g/mol. The first-order valence-electron chi connectivity index (χ1n) is 17.1. The van der Waals surface area contributed by atoms with Crippen LogP contribution in [0, 0.1) is 17.3 Å². The largest absolute Gasteiger partial charge is 0.346 e. The number of rotatable bonds is 14. The van der Waals surface area contributed by atoms with E-state index in [4.69, 9.17) is 0 Å². The summed E-state index contributed by atoms with van der Waals surface area (Å²) < 4.78 is 0. The molecule has 47 heavy (non-hydrogen) atoms. The van der Waals surface area contributed by atoms with E-state index >= 15 is 0 Å². The van der Waals surface area contributed by atoms with Gasteiger partial charge in [-0.15, -0.1) is 17.9 Å². The summed E-state index contributed by atoms with van der Waals surface area (Å²) in [7, 11) is 0. The van der Waals surface area contributed by atoms with Gasteiger partial charge >= 0.3 is 0 Å². The van der Waals surface area contributed by atoms with Gasteiger partial charge in [-0.25, -0.2) is 0 Å². The second-order valence-electron chi connectivity index (χ2n) is 14.3. The molecular formula is C35H51N5O6S. The van der Waals surface area contributed by atoms with Crippen molar-refractivity contribution < 1.29 is 28.8 Å². The molecule has 4 atom stereocenters. The SMILES string of the molecule is C=CCNC(=O)C(=O)C(CC1CCC1)NC(=O)[C@@H]1CCCN1C(=O)[C@@H](NC(=O)[C@@H](NC(=O)c1cccs1)C1CCCCC1)C(C)(C)C. The van der Waals surface area contributed by atoms with E-state index in [1.54, 1.807) is 12.1 Å². The molecule has 4 N–H and O–H groups in total. The molecule has 0 aromatic carbocycles. The summed E-state index contributed by atoms with van der Waals surface area (Å²) in [4.78, 5) is 82.6. The molecule has 0 radical (unpaired) electrons. The smallest absolute Gasteiger partial charge is 0.289 e. The Labute approximate surface area is 282 Å². The lowest BCUT2D eigenvalue weighted by Gasteiger charge is -2.37. The second kappa shape index (κ2) is 16.5. The van der Waals surface area contributed by atoms with E-state index in [1.807, 2.05) is 26.2 Å². The zero-order valence-electron chi connectivity index (χ0n) is 28.0. The summed E-state index contributed by atoms with van der Waals surface area (Å²) in [6.45, 7) is 9.59. The number of ketones is 1. The lowest BCUT2D eigenvalue weighted by molar-refractivity contribution is -0.145. The molecule has 0 spiro atoms. The summed E-state index contributed by atoms with van der Waals surface area (Å²) >= 11 is 1.30. The van der Waals surface area contributed by atoms with Crippen molar-refractivity contribution in [2.75, 3.05) is 13.1 Å². The molecule has 1 aromatic heterocycles. The van der Waals surface area contributed by atoms with E-state index in [1.165, 1.54) is 22.3 Å². The Morgan fingerprint density at radius 2 is 1.68 bits per heavy atom. The summed E-state index contributed by atoms with van der Waals surface area (Å²) in [6.07, 6.45) is 10.4. The predicted molar refractivity (Wildman–Crippen MR) is 180 cm³/mol. The number of amides is 5. The quantitative estimate of drug-likeness (QED) is 0.176. The molecule has 2 heterocycles. The van der Waals surface area contributed by atoms with E-state index in [9.17, 15) is 28.8 Å². The average Bonchev–Trinajstić information content (AvgIpc) is 3.75. The van der Waals surface area contributed by atoms with Gasteiger partial charge in [0.1, 0.15) is 18.1 Å². The Morgan fingerprint density at radius 1 is 0.957 bits per heavy atom. The third kappa shape index (κ3) is 9.52. The van der Waals surface area contributed by atoms with E-state index in [-0.39, 0.29) is 30.2 Å². The number of hydrogen-bond donors (Lipinski definition) is 4. The predicted octanol–water partition coefficient (Wildman–Crippen LogP) is 3.50. The molecule has 11 nitrogen and oxygen atoms in total. The molecule has 2 saturated carbocycles. The Balaban J connectivity index is 1.49. The number of carbonyl (C=O) groups excluding carboxylic acids is 6. The van der Waals surface area contributed by atoms with Crippen LogP contribution >= 0.6 is 11.3 Å². The summed E-state index contributed by atoms with van der Waals surface area (Å²) in [5.41, 5.74) is -0.711. The molecule has 258 valence electrons. The van der Waals surface area contributed by atoms with Crippen LogP contribution in [0.15, 0.2) is 30.2 Å². The number of nitrogens with one attached hydrogen (secondary N) is 4. The Hall–Kier alpha value is -3.54. The number of Topliss-reactive ketones (excluding diaryl/α,β-unsaturated/α-hetero) is 1. The maximum Gasteiger partial charge on any atom is 0.289 e. The minimum atomic E-state index is -0.989. The van der Waals surface area contributed by atoms with Crippen LogP contribution in [0.25, 0.3) is 0 Å². The minimum Gasteiger partial charge on any atom is -0.346 e. The Kier molecular flexibility index (Phi) is 12.8. The van der Waals surface area contributed by atoms with Gasteiger partial charge in [-0.1, -0.05) is 71.4 Å². The summed E-state index contributed by atoms with van der Waals surface area (Å²) in [5, 5.41) is 13.1. The summed E-state index contributed by atoms with van der Waals surface area (Å²) in [6, 6.07) is -0.0965. The highest BCUT2D eigenvalue weighted by atomic mass is 32.1. The highest BCUT2D eigenvalue weighted by molar-refractivity contribution is 7.12. The van der Waals surface area contributed by atoms with Crippen LogP contribution in [-0.2, 0) is 24.0 Å². The molecule has 0 bridgehead atoms. The molecule has 1 saturated heterocycles.